The minimum atomic E-state index is -1.15. The lowest BCUT2D eigenvalue weighted by Crippen LogP contribution is -2.07. The third-order valence-corrected chi connectivity index (χ3v) is 5.16. The van der Waals surface area contributed by atoms with E-state index in [2.05, 4.69) is 0 Å². The zero-order chi connectivity index (χ0) is 20.6. The Kier molecular flexibility index (Phi) is 5.87. The monoisotopic (exact) mass is 454 g/mol. The topological polar surface area (TPSA) is 74.6 Å². The molecule has 1 aliphatic rings. The number of hydrogen-bond acceptors (Lipinski definition) is 3. The Hall–Kier alpha value is -2.24. The van der Waals surface area contributed by atoms with Crippen LogP contribution in [0.15, 0.2) is 64.2 Å². The summed E-state index contributed by atoms with van der Waals surface area (Å²) in [5.41, 5.74) is 1.52. The Bertz CT molecular complexity index is 1070. The van der Waals surface area contributed by atoms with E-state index < -0.39 is 11.8 Å². The summed E-state index contributed by atoms with van der Waals surface area (Å²) >= 11 is 24.1. The van der Waals surface area contributed by atoms with E-state index in [4.69, 9.17) is 46.4 Å². The quantitative estimate of drug-likeness (QED) is 0.592. The summed E-state index contributed by atoms with van der Waals surface area (Å²) in [7, 11) is 0. The maximum absolute atomic E-state index is 11.9. The molecule has 0 saturated heterocycles. The predicted octanol–water partition coefficient (Wildman–Crippen LogP) is 6.03. The lowest BCUT2D eigenvalue weighted by molar-refractivity contribution is -0.111. The van der Waals surface area contributed by atoms with E-state index in [1.54, 1.807) is 18.2 Å². The molecule has 0 bridgehead atoms. The van der Waals surface area contributed by atoms with Crippen LogP contribution in [0.5, 0.6) is 5.75 Å². The van der Waals surface area contributed by atoms with Crippen molar-refractivity contribution in [3.8, 4) is 5.75 Å². The van der Waals surface area contributed by atoms with Crippen molar-refractivity contribution >= 4 is 63.7 Å². The summed E-state index contributed by atoms with van der Waals surface area (Å²) in [6, 6.07) is 9.15. The highest BCUT2D eigenvalue weighted by atomic mass is 35.5. The van der Waals surface area contributed by atoms with E-state index in [0.717, 1.165) is 0 Å². The molecule has 0 heterocycles. The smallest absolute Gasteiger partial charge is 0.336 e. The first-order chi connectivity index (χ1) is 13.2. The van der Waals surface area contributed by atoms with Gasteiger partial charge in [-0.3, -0.25) is 4.79 Å². The van der Waals surface area contributed by atoms with Crippen LogP contribution in [0.2, 0.25) is 10.0 Å². The molecule has 4 nitrogen and oxygen atoms in total. The second-order valence-electron chi connectivity index (χ2n) is 5.78. The van der Waals surface area contributed by atoms with E-state index in [1.807, 2.05) is 0 Å². The number of hydrogen-bond donors (Lipinski definition) is 2. The minimum absolute atomic E-state index is 0.0104. The second kappa shape index (κ2) is 8.02. The van der Waals surface area contributed by atoms with Gasteiger partial charge in [0.2, 0.25) is 5.78 Å². The van der Waals surface area contributed by atoms with Crippen LogP contribution in [-0.2, 0) is 4.79 Å². The van der Waals surface area contributed by atoms with Crippen molar-refractivity contribution in [3.63, 3.8) is 0 Å². The Morgan fingerprint density at radius 1 is 0.857 bits per heavy atom. The molecule has 0 aromatic heterocycles. The minimum Gasteiger partial charge on any atom is -0.505 e. The van der Waals surface area contributed by atoms with Crippen molar-refractivity contribution in [2.75, 3.05) is 0 Å². The zero-order valence-corrected chi connectivity index (χ0v) is 16.9. The van der Waals surface area contributed by atoms with Gasteiger partial charge in [0, 0.05) is 0 Å². The van der Waals surface area contributed by atoms with Crippen LogP contribution in [0.4, 0.5) is 0 Å². The fourth-order valence-electron chi connectivity index (χ4n) is 2.78. The SMILES string of the molecule is O=C1C(Cl)=CC(=C(c2cc(Cl)c(O)c(Cl)c2)c2ccccc2C(=O)O)C=C1Cl. The van der Waals surface area contributed by atoms with Crippen LogP contribution >= 0.6 is 46.4 Å². The molecule has 8 heteroatoms. The molecule has 142 valence electrons. The maximum atomic E-state index is 11.9. The molecule has 28 heavy (non-hydrogen) atoms. The van der Waals surface area contributed by atoms with Gasteiger partial charge in [0.1, 0.15) is 0 Å². The maximum Gasteiger partial charge on any atom is 0.336 e. The molecule has 2 aromatic rings. The number of ketones is 1. The normalized spacial score (nSPS) is 13.9. The number of carbonyl (C=O) groups excluding carboxylic acids is 1. The number of carbonyl (C=O) groups is 2. The highest BCUT2D eigenvalue weighted by Gasteiger charge is 2.23. The molecule has 0 spiro atoms. The number of aromatic carboxylic acids is 1. The van der Waals surface area contributed by atoms with Gasteiger partial charge < -0.3 is 10.2 Å². The average Bonchev–Trinajstić information content (AvgIpc) is 2.64. The third-order valence-electron chi connectivity index (χ3n) is 4.02. The Balaban J connectivity index is 2.43. The summed E-state index contributed by atoms with van der Waals surface area (Å²) in [6.45, 7) is 0. The number of rotatable bonds is 3. The number of aromatic hydroxyl groups is 1. The largest absolute Gasteiger partial charge is 0.505 e. The van der Waals surface area contributed by atoms with Gasteiger partial charge >= 0.3 is 5.97 Å². The van der Waals surface area contributed by atoms with Crippen molar-refractivity contribution < 1.29 is 19.8 Å². The number of carboxylic acid groups (broad SMARTS) is 1. The first kappa shape index (κ1) is 20.5. The number of phenols is 1. The first-order valence-corrected chi connectivity index (χ1v) is 9.26. The Labute approximate surface area is 179 Å². The number of allylic oxidation sites excluding steroid dienone is 5. The number of carboxylic acids is 1. The molecule has 0 aliphatic heterocycles. The van der Waals surface area contributed by atoms with Gasteiger partial charge in [-0.2, -0.15) is 0 Å². The number of halogens is 4. The van der Waals surface area contributed by atoms with Crippen LogP contribution < -0.4 is 0 Å². The van der Waals surface area contributed by atoms with E-state index in [0.29, 0.717) is 22.3 Å². The summed E-state index contributed by atoms with van der Waals surface area (Å²) in [6.07, 6.45) is 2.77. The summed E-state index contributed by atoms with van der Waals surface area (Å²) in [4.78, 5) is 23.7. The van der Waals surface area contributed by atoms with Crippen LogP contribution in [0.3, 0.4) is 0 Å². The summed E-state index contributed by atoms with van der Waals surface area (Å²) < 4.78 is 0. The van der Waals surface area contributed by atoms with Gasteiger partial charge in [-0.25, -0.2) is 4.79 Å². The number of phenolic OH excluding ortho intramolecular Hbond substituents is 1. The molecule has 0 saturated carbocycles. The van der Waals surface area contributed by atoms with Gasteiger partial charge in [-0.05, 0) is 52.6 Å². The Morgan fingerprint density at radius 2 is 1.36 bits per heavy atom. The standard InChI is InChI=1S/C20H10Cl4O4/c21-13-5-9(6-14(22)18(13)25)17(10-7-15(23)19(26)16(24)8-10)11-3-1-2-4-12(11)20(27)28/h1-8,25H,(H,27,28). The van der Waals surface area contributed by atoms with E-state index in [-0.39, 0.29) is 31.4 Å². The van der Waals surface area contributed by atoms with Gasteiger partial charge in [-0.1, -0.05) is 64.6 Å². The molecular formula is C20H10Cl4O4. The van der Waals surface area contributed by atoms with Crippen molar-refractivity contribution in [1.29, 1.82) is 0 Å². The fourth-order valence-corrected chi connectivity index (χ4v) is 3.75. The number of Topliss-reactive ketones (excluding diaryl/α,β-unsaturated/α-hetero) is 1. The van der Waals surface area contributed by atoms with Crippen LogP contribution in [0, 0.1) is 0 Å². The van der Waals surface area contributed by atoms with E-state index >= 15 is 0 Å². The highest BCUT2D eigenvalue weighted by molar-refractivity contribution is 6.55. The molecule has 2 aromatic carbocycles. The van der Waals surface area contributed by atoms with Gasteiger partial charge in [0.15, 0.2) is 5.75 Å². The zero-order valence-electron chi connectivity index (χ0n) is 13.8. The van der Waals surface area contributed by atoms with Crippen LogP contribution in [-0.4, -0.2) is 22.0 Å². The molecule has 2 N–H and O–H groups in total. The van der Waals surface area contributed by atoms with Crippen molar-refractivity contribution in [3.05, 3.63) is 90.9 Å². The van der Waals surface area contributed by atoms with Gasteiger partial charge in [-0.15, -0.1) is 0 Å². The lowest BCUT2D eigenvalue weighted by Gasteiger charge is -2.18. The van der Waals surface area contributed by atoms with Crippen LogP contribution in [0.25, 0.3) is 5.57 Å². The highest BCUT2D eigenvalue weighted by Crippen LogP contribution is 2.40. The number of benzene rings is 2. The lowest BCUT2D eigenvalue weighted by atomic mass is 9.88. The molecular weight excluding hydrogens is 446 g/mol. The average molecular weight is 456 g/mol. The molecule has 0 amide bonds. The van der Waals surface area contributed by atoms with Crippen molar-refractivity contribution in [2.24, 2.45) is 0 Å². The molecule has 0 atom stereocenters. The molecule has 0 radical (unpaired) electrons. The molecule has 3 rings (SSSR count). The summed E-state index contributed by atoms with van der Waals surface area (Å²) in [5.74, 6) is -2.00. The molecule has 0 fully saturated rings. The van der Waals surface area contributed by atoms with E-state index in [9.17, 15) is 19.8 Å². The first-order valence-electron chi connectivity index (χ1n) is 7.75. The van der Waals surface area contributed by atoms with Gasteiger partial charge in [0.25, 0.3) is 0 Å². The molecule has 1 aliphatic carbocycles. The van der Waals surface area contributed by atoms with Gasteiger partial charge in [0.05, 0.1) is 25.7 Å². The predicted molar refractivity (Wildman–Crippen MR) is 110 cm³/mol. The fraction of sp³-hybridized carbons (Fsp3) is 0. The summed E-state index contributed by atoms with van der Waals surface area (Å²) in [5, 5.41) is 19.2. The third kappa shape index (κ3) is 3.82. The van der Waals surface area contributed by atoms with Crippen molar-refractivity contribution in [2.45, 2.75) is 0 Å². The Morgan fingerprint density at radius 3 is 1.86 bits per heavy atom. The van der Waals surface area contributed by atoms with Crippen molar-refractivity contribution in [1.82, 2.24) is 0 Å². The molecule has 0 unspecified atom stereocenters. The van der Waals surface area contributed by atoms with Crippen LogP contribution in [0.1, 0.15) is 21.5 Å². The van der Waals surface area contributed by atoms with E-state index in [1.165, 1.54) is 30.4 Å². The second-order valence-corrected chi connectivity index (χ2v) is 7.41.